The summed E-state index contributed by atoms with van der Waals surface area (Å²) in [7, 11) is 0. The van der Waals surface area contributed by atoms with Crippen LogP contribution in [0.4, 0.5) is 35.1 Å². The average Bonchev–Trinajstić information content (AvgIpc) is 2.49. The molecule has 0 radical (unpaired) electrons. The highest BCUT2D eigenvalue weighted by Gasteiger charge is 2.60. The van der Waals surface area contributed by atoms with Crippen LogP contribution in [-0.2, 0) is 15.1 Å². The fourth-order valence-electron chi connectivity index (χ4n) is 1.74. The third-order valence-electron chi connectivity index (χ3n) is 3.96. The van der Waals surface area contributed by atoms with E-state index < -0.39 is 57.8 Å². The van der Waals surface area contributed by atoms with Gasteiger partial charge in [0, 0.05) is 0 Å². The highest BCUT2D eigenvalue weighted by molar-refractivity contribution is 5.76. The van der Waals surface area contributed by atoms with Crippen LogP contribution in [0.3, 0.4) is 0 Å². The van der Waals surface area contributed by atoms with Crippen LogP contribution in [0.1, 0.15) is 39.7 Å². The molecule has 0 aliphatic carbocycles. The van der Waals surface area contributed by atoms with Gasteiger partial charge in [0.15, 0.2) is 23.3 Å². The molecular weight excluding hydrogens is 364 g/mol. The van der Waals surface area contributed by atoms with Gasteiger partial charge < -0.3 is 4.74 Å². The smallest absolute Gasteiger partial charge is 0.432 e. The van der Waals surface area contributed by atoms with Gasteiger partial charge in [-0.15, -0.1) is 0 Å². The van der Waals surface area contributed by atoms with Crippen molar-refractivity contribution in [2.75, 3.05) is 0 Å². The number of halogens is 8. The second-order valence-corrected chi connectivity index (χ2v) is 6.10. The Balaban J connectivity index is 3.73. The predicted octanol–water partition coefficient (Wildman–Crippen LogP) is 5.14. The van der Waals surface area contributed by atoms with E-state index in [1.54, 1.807) is 0 Å². The minimum atomic E-state index is -5.66. The van der Waals surface area contributed by atoms with Crippen molar-refractivity contribution in [1.82, 2.24) is 0 Å². The molecule has 1 unspecified atom stereocenters. The Kier molecular flexibility index (Phi) is 5.47. The van der Waals surface area contributed by atoms with Crippen LogP contribution in [0.2, 0.25) is 0 Å². The monoisotopic (exact) mass is 378 g/mol. The molecule has 1 aromatic carbocycles. The van der Waals surface area contributed by atoms with Crippen molar-refractivity contribution < 1.29 is 44.7 Å². The van der Waals surface area contributed by atoms with E-state index in [9.17, 15) is 39.9 Å². The lowest BCUT2D eigenvalue weighted by atomic mass is 9.88. The van der Waals surface area contributed by atoms with Crippen molar-refractivity contribution in [2.24, 2.45) is 5.41 Å². The molecule has 1 atom stereocenters. The Morgan fingerprint density at radius 1 is 0.840 bits per heavy atom. The normalized spacial score (nSPS) is 15.0. The van der Waals surface area contributed by atoms with Crippen LogP contribution in [0.15, 0.2) is 0 Å². The van der Waals surface area contributed by atoms with Crippen LogP contribution in [0, 0.1) is 34.5 Å². The van der Waals surface area contributed by atoms with Crippen molar-refractivity contribution in [3.05, 3.63) is 34.6 Å². The van der Waals surface area contributed by atoms with Crippen LogP contribution in [0.25, 0.3) is 0 Å². The Hall–Kier alpha value is -1.87. The van der Waals surface area contributed by atoms with Gasteiger partial charge in [0.25, 0.3) is 0 Å². The summed E-state index contributed by atoms with van der Waals surface area (Å²) in [6.07, 6.45) is -5.66. The molecule has 0 saturated heterocycles. The lowest BCUT2D eigenvalue weighted by Crippen LogP contribution is -2.47. The maximum Gasteiger partial charge on any atom is 0.432 e. The molecule has 0 fully saturated rings. The summed E-state index contributed by atoms with van der Waals surface area (Å²) in [6.45, 7) is 3.86. The Morgan fingerprint density at radius 2 is 1.20 bits per heavy atom. The molecule has 0 amide bonds. The molecule has 0 aliphatic rings. The molecule has 1 aromatic rings. The number of carbonyl (C=O) groups excluding carboxylic acids is 1. The van der Waals surface area contributed by atoms with Gasteiger partial charge in [-0.25, -0.2) is 22.0 Å². The first-order valence-electron chi connectivity index (χ1n) is 6.93. The van der Waals surface area contributed by atoms with Crippen molar-refractivity contribution in [2.45, 2.75) is 45.9 Å². The summed E-state index contributed by atoms with van der Waals surface area (Å²) >= 11 is 0. The summed E-state index contributed by atoms with van der Waals surface area (Å²) in [5.74, 6) is -14.7. The van der Waals surface area contributed by atoms with Crippen LogP contribution >= 0.6 is 0 Å². The van der Waals surface area contributed by atoms with E-state index in [0.717, 1.165) is 0 Å². The quantitative estimate of drug-likeness (QED) is 0.314. The molecule has 0 aromatic heterocycles. The Morgan fingerprint density at radius 3 is 1.52 bits per heavy atom. The molecule has 0 spiro atoms. The van der Waals surface area contributed by atoms with Crippen LogP contribution < -0.4 is 0 Å². The summed E-state index contributed by atoms with van der Waals surface area (Å²) < 4.78 is 112. The summed E-state index contributed by atoms with van der Waals surface area (Å²) in [5.41, 5.74) is -7.85. The van der Waals surface area contributed by atoms with Gasteiger partial charge >= 0.3 is 12.1 Å². The molecular formula is C15H14F8O2. The molecule has 0 bridgehead atoms. The predicted molar refractivity (Wildman–Crippen MR) is 69.8 cm³/mol. The first kappa shape index (κ1) is 21.2. The SMILES string of the molecule is CCC(C)(C)C(=O)OC(C)(c1c(F)c(F)c(F)c(F)c1F)C(F)(F)F. The molecule has 1 rings (SSSR count). The summed E-state index contributed by atoms with van der Waals surface area (Å²) in [4.78, 5) is 12.0. The van der Waals surface area contributed by atoms with Gasteiger partial charge in [0.1, 0.15) is 0 Å². The average molecular weight is 378 g/mol. The molecule has 142 valence electrons. The molecule has 10 heteroatoms. The Bertz CT molecular complexity index is 667. The fraction of sp³-hybridized carbons (Fsp3) is 0.533. The Labute approximate surface area is 137 Å². The van der Waals surface area contributed by atoms with Gasteiger partial charge in [0.2, 0.25) is 11.4 Å². The minimum Gasteiger partial charge on any atom is -0.444 e. The number of carbonyl (C=O) groups is 1. The van der Waals surface area contributed by atoms with Gasteiger partial charge in [-0.05, 0) is 27.2 Å². The molecule has 25 heavy (non-hydrogen) atoms. The maximum atomic E-state index is 13.8. The number of hydrogen-bond acceptors (Lipinski definition) is 2. The van der Waals surface area contributed by atoms with Crippen molar-refractivity contribution in [1.29, 1.82) is 0 Å². The highest BCUT2D eigenvalue weighted by Crippen LogP contribution is 2.46. The van der Waals surface area contributed by atoms with Crippen LogP contribution in [-0.4, -0.2) is 12.1 Å². The van der Waals surface area contributed by atoms with Gasteiger partial charge in [-0.2, -0.15) is 13.2 Å². The van der Waals surface area contributed by atoms with E-state index in [1.807, 2.05) is 0 Å². The summed E-state index contributed by atoms with van der Waals surface area (Å²) in [5, 5.41) is 0. The number of benzene rings is 1. The number of esters is 1. The molecule has 0 saturated carbocycles. The lowest BCUT2D eigenvalue weighted by Gasteiger charge is -2.35. The first-order valence-corrected chi connectivity index (χ1v) is 6.93. The zero-order chi connectivity index (χ0) is 20.0. The van der Waals surface area contributed by atoms with E-state index in [4.69, 9.17) is 0 Å². The third kappa shape index (κ3) is 3.43. The van der Waals surface area contributed by atoms with Crippen molar-refractivity contribution >= 4 is 5.97 Å². The number of hydrogen-bond donors (Lipinski definition) is 0. The van der Waals surface area contributed by atoms with Gasteiger partial charge in [-0.3, -0.25) is 4.79 Å². The first-order chi connectivity index (χ1) is 11.1. The largest absolute Gasteiger partial charge is 0.444 e. The van der Waals surface area contributed by atoms with Crippen molar-refractivity contribution in [3.63, 3.8) is 0 Å². The molecule has 2 nitrogen and oxygen atoms in total. The number of ether oxygens (including phenoxy) is 1. The van der Waals surface area contributed by atoms with Gasteiger partial charge in [0.05, 0.1) is 11.0 Å². The second kappa shape index (κ2) is 6.45. The zero-order valence-electron chi connectivity index (χ0n) is 13.5. The molecule has 0 heterocycles. The third-order valence-corrected chi connectivity index (χ3v) is 3.96. The van der Waals surface area contributed by atoms with E-state index in [2.05, 4.69) is 4.74 Å². The van der Waals surface area contributed by atoms with Gasteiger partial charge in [-0.1, -0.05) is 6.92 Å². The number of rotatable bonds is 4. The minimum absolute atomic E-state index is 0.00310. The van der Waals surface area contributed by atoms with Crippen LogP contribution in [0.5, 0.6) is 0 Å². The second-order valence-electron chi connectivity index (χ2n) is 6.10. The van der Waals surface area contributed by atoms with Crippen molar-refractivity contribution in [3.8, 4) is 0 Å². The lowest BCUT2D eigenvalue weighted by molar-refractivity contribution is -0.275. The maximum absolute atomic E-state index is 13.8. The van der Waals surface area contributed by atoms with E-state index in [0.29, 0.717) is 0 Å². The van der Waals surface area contributed by atoms with E-state index in [-0.39, 0.29) is 13.3 Å². The standard InChI is InChI=1S/C15H14F8O2/c1-5-13(2,3)12(24)25-14(4,15(21,22)23)6-7(16)9(18)11(20)10(19)8(6)17/h5H2,1-4H3. The summed E-state index contributed by atoms with van der Waals surface area (Å²) in [6, 6.07) is 0. The highest BCUT2D eigenvalue weighted by atomic mass is 19.4. The topological polar surface area (TPSA) is 26.3 Å². The van der Waals surface area contributed by atoms with E-state index >= 15 is 0 Å². The molecule has 0 aliphatic heterocycles. The number of alkyl halides is 3. The molecule has 0 N–H and O–H groups in total. The fourth-order valence-corrected chi connectivity index (χ4v) is 1.74. The van der Waals surface area contributed by atoms with E-state index in [1.165, 1.54) is 20.8 Å². The zero-order valence-corrected chi connectivity index (χ0v) is 13.5.